The van der Waals surface area contributed by atoms with Crippen LogP contribution < -0.4 is 5.73 Å². The molecule has 0 unspecified atom stereocenters. The molecule has 2 heterocycles. The minimum Gasteiger partial charge on any atom is -0.409 e. The molecule has 0 radical (unpaired) electrons. The highest BCUT2D eigenvalue weighted by atomic mass is 32.2. The van der Waals surface area contributed by atoms with Crippen molar-refractivity contribution in [1.82, 2.24) is 19.9 Å². The number of nitrogens with one attached hydrogen (secondary N) is 1. The lowest BCUT2D eigenvalue weighted by Gasteiger charge is -1.99. The molecule has 0 amide bonds. The van der Waals surface area contributed by atoms with Gasteiger partial charge in [-0.2, -0.15) is 0 Å². The molecule has 0 saturated carbocycles. The van der Waals surface area contributed by atoms with Crippen LogP contribution in [-0.2, 0) is 0 Å². The minimum atomic E-state index is -0.0675. The first-order chi connectivity index (χ1) is 7.79. The number of rotatable bonds is 3. The van der Waals surface area contributed by atoms with Gasteiger partial charge in [0.25, 0.3) is 0 Å². The Morgan fingerprint density at radius 2 is 2.25 bits per heavy atom. The van der Waals surface area contributed by atoms with E-state index in [4.69, 9.17) is 10.9 Å². The lowest BCUT2D eigenvalue weighted by atomic mass is 10.4. The molecule has 4 N–H and O–H groups in total. The van der Waals surface area contributed by atoms with Crippen molar-refractivity contribution in [2.24, 2.45) is 10.9 Å². The van der Waals surface area contributed by atoms with Gasteiger partial charge in [-0.25, -0.2) is 15.0 Å². The Kier molecular flexibility index (Phi) is 3.01. The number of H-pyrrole nitrogens is 1. The number of aromatic amines is 1. The maximum atomic E-state index is 8.44. The Hall–Kier alpha value is -2.09. The average molecular weight is 236 g/mol. The van der Waals surface area contributed by atoms with Crippen molar-refractivity contribution in [3.8, 4) is 0 Å². The molecule has 0 bridgehead atoms. The molecule has 0 aliphatic rings. The predicted octanol–water partition coefficient (Wildman–Crippen LogP) is 0.445. The van der Waals surface area contributed by atoms with E-state index in [1.54, 1.807) is 12.4 Å². The Labute approximate surface area is 94.8 Å². The van der Waals surface area contributed by atoms with Gasteiger partial charge >= 0.3 is 0 Å². The van der Waals surface area contributed by atoms with Crippen molar-refractivity contribution in [2.45, 2.75) is 10.2 Å². The van der Waals surface area contributed by atoms with Crippen LogP contribution >= 0.6 is 11.8 Å². The molecule has 7 nitrogen and oxygen atoms in total. The molecule has 0 atom stereocenters. The molecule has 2 rings (SSSR count). The number of imidazole rings is 1. The van der Waals surface area contributed by atoms with Gasteiger partial charge in [0.05, 0.1) is 12.4 Å². The summed E-state index contributed by atoms with van der Waals surface area (Å²) in [6.45, 7) is 0. The van der Waals surface area contributed by atoms with Crippen LogP contribution in [0.3, 0.4) is 0 Å². The third-order valence-electron chi connectivity index (χ3n) is 1.67. The summed E-state index contributed by atoms with van der Waals surface area (Å²) in [5.74, 6) is -0.0675. The van der Waals surface area contributed by atoms with Crippen molar-refractivity contribution in [2.75, 3.05) is 0 Å². The Morgan fingerprint density at radius 1 is 1.38 bits per heavy atom. The van der Waals surface area contributed by atoms with E-state index in [0.29, 0.717) is 10.7 Å². The van der Waals surface area contributed by atoms with E-state index in [9.17, 15) is 0 Å². The molecular formula is C8H8N6OS. The second-order valence-corrected chi connectivity index (χ2v) is 3.73. The summed E-state index contributed by atoms with van der Waals surface area (Å²) in [6.07, 6.45) is 6.34. The van der Waals surface area contributed by atoms with Gasteiger partial charge in [0.2, 0.25) is 0 Å². The smallest absolute Gasteiger partial charge is 0.190 e. The number of aromatic nitrogens is 4. The van der Waals surface area contributed by atoms with Crippen LogP contribution in [0.5, 0.6) is 0 Å². The van der Waals surface area contributed by atoms with E-state index in [0.717, 1.165) is 5.16 Å². The predicted molar refractivity (Wildman–Crippen MR) is 57.3 cm³/mol. The molecule has 0 fully saturated rings. The van der Waals surface area contributed by atoms with Crippen LogP contribution in [0.4, 0.5) is 0 Å². The molecule has 0 saturated heterocycles. The summed E-state index contributed by atoms with van der Waals surface area (Å²) in [5.41, 5.74) is 5.68. The number of hydrogen-bond donors (Lipinski definition) is 3. The summed E-state index contributed by atoms with van der Waals surface area (Å²) in [6, 6.07) is 0. The van der Waals surface area contributed by atoms with Crippen LogP contribution in [0.2, 0.25) is 0 Å². The minimum absolute atomic E-state index is 0.0675. The van der Waals surface area contributed by atoms with Gasteiger partial charge in [0.1, 0.15) is 10.7 Å². The van der Waals surface area contributed by atoms with E-state index >= 15 is 0 Å². The van der Waals surface area contributed by atoms with Crippen LogP contribution in [0.15, 0.2) is 40.1 Å². The van der Waals surface area contributed by atoms with Crippen LogP contribution in [0, 0.1) is 0 Å². The fraction of sp³-hybridized carbons (Fsp3) is 0. The van der Waals surface area contributed by atoms with Crippen molar-refractivity contribution in [3.63, 3.8) is 0 Å². The molecule has 0 aliphatic heterocycles. The Morgan fingerprint density at radius 3 is 2.81 bits per heavy atom. The van der Waals surface area contributed by atoms with Crippen LogP contribution in [0.25, 0.3) is 0 Å². The van der Waals surface area contributed by atoms with Crippen molar-refractivity contribution >= 4 is 17.6 Å². The SMILES string of the molecule is N/C(=N/O)c1cnc(Sc2ncc[nH]2)cn1. The van der Waals surface area contributed by atoms with E-state index < -0.39 is 0 Å². The number of hydrogen-bond acceptors (Lipinski definition) is 6. The first-order valence-corrected chi connectivity index (χ1v) is 5.08. The van der Waals surface area contributed by atoms with Gasteiger partial charge in [0, 0.05) is 12.4 Å². The molecule has 0 spiro atoms. The lowest BCUT2D eigenvalue weighted by Crippen LogP contribution is -2.15. The van der Waals surface area contributed by atoms with Gasteiger partial charge in [-0.15, -0.1) is 0 Å². The first-order valence-electron chi connectivity index (χ1n) is 4.27. The molecule has 8 heteroatoms. The highest BCUT2D eigenvalue weighted by Gasteiger charge is 2.04. The maximum absolute atomic E-state index is 8.44. The molecule has 16 heavy (non-hydrogen) atoms. The third kappa shape index (κ3) is 2.28. The average Bonchev–Trinajstić information content (AvgIpc) is 2.82. The monoisotopic (exact) mass is 236 g/mol. The lowest BCUT2D eigenvalue weighted by molar-refractivity contribution is 0.318. The Bertz CT molecular complexity index is 480. The summed E-state index contributed by atoms with van der Waals surface area (Å²) in [7, 11) is 0. The number of oxime groups is 1. The standard InChI is InChI=1S/C8H8N6OS/c9-7(14-15)5-3-13-6(4-12-5)16-8-10-1-2-11-8/h1-4,15H,(H2,9,14)(H,10,11). The summed E-state index contributed by atoms with van der Waals surface area (Å²) < 4.78 is 0. The topological polar surface area (TPSA) is 113 Å². The number of nitrogens with two attached hydrogens (primary N) is 1. The van der Waals surface area contributed by atoms with Crippen molar-refractivity contribution in [1.29, 1.82) is 0 Å². The van der Waals surface area contributed by atoms with E-state index in [1.165, 1.54) is 24.2 Å². The molecular weight excluding hydrogens is 228 g/mol. The van der Waals surface area contributed by atoms with Gasteiger partial charge in [-0.05, 0) is 11.8 Å². The molecule has 0 aliphatic carbocycles. The molecule has 2 aromatic heterocycles. The van der Waals surface area contributed by atoms with Crippen molar-refractivity contribution < 1.29 is 5.21 Å². The van der Waals surface area contributed by atoms with E-state index in [2.05, 4.69) is 25.1 Å². The van der Waals surface area contributed by atoms with E-state index in [1.807, 2.05) is 0 Å². The van der Waals surface area contributed by atoms with Gasteiger partial charge < -0.3 is 15.9 Å². The van der Waals surface area contributed by atoms with Crippen LogP contribution in [0.1, 0.15) is 5.69 Å². The number of amidine groups is 1. The normalized spacial score (nSPS) is 11.6. The zero-order valence-electron chi connectivity index (χ0n) is 8.03. The van der Waals surface area contributed by atoms with Crippen LogP contribution in [-0.4, -0.2) is 31.0 Å². The zero-order valence-corrected chi connectivity index (χ0v) is 8.85. The molecule has 0 aromatic carbocycles. The quantitative estimate of drug-likeness (QED) is 0.308. The van der Waals surface area contributed by atoms with Gasteiger partial charge in [0.15, 0.2) is 11.0 Å². The van der Waals surface area contributed by atoms with Gasteiger partial charge in [-0.3, -0.25) is 0 Å². The number of nitrogens with zero attached hydrogens (tertiary/aromatic N) is 4. The highest BCUT2D eigenvalue weighted by Crippen LogP contribution is 2.20. The van der Waals surface area contributed by atoms with Gasteiger partial charge in [-0.1, -0.05) is 5.16 Å². The summed E-state index contributed by atoms with van der Waals surface area (Å²) in [5, 5.41) is 12.7. The largest absolute Gasteiger partial charge is 0.409 e. The summed E-state index contributed by atoms with van der Waals surface area (Å²) in [4.78, 5) is 15.0. The molecule has 2 aromatic rings. The second kappa shape index (κ2) is 4.62. The molecule has 82 valence electrons. The Balaban J connectivity index is 2.14. The first kappa shape index (κ1) is 10.4. The summed E-state index contributed by atoms with van der Waals surface area (Å²) >= 11 is 1.34. The van der Waals surface area contributed by atoms with E-state index in [-0.39, 0.29) is 5.84 Å². The maximum Gasteiger partial charge on any atom is 0.190 e. The fourth-order valence-corrected chi connectivity index (χ4v) is 1.61. The van der Waals surface area contributed by atoms with Crippen molar-refractivity contribution in [3.05, 3.63) is 30.5 Å². The highest BCUT2D eigenvalue weighted by molar-refractivity contribution is 7.99. The second-order valence-electron chi connectivity index (χ2n) is 2.72. The zero-order chi connectivity index (χ0) is 11.4. The third-order valence-corrected chi connectivity index (χ3v) is 2.51. The fourth-order valence-electron chi connectivity index (χ4n) is 0.958.